The Morgan fingerprint density at radius 3 is 2.75 bits per heavy atom. The Kier molecular flexibility index (Phi) is 5.78. The number of aromatic nitrogens is 1. The van der Waals surface area contributed by atoms with Crippen LogP contribution in [0.1, 0.15) is 23.1 Å². The van der Waals surface area contributed by atoms with Gasteiger partial charge in [-0.2, -0.15) is 0 Å². The van der Waals surface area contributed by atoms with E-state index < -0.39 is 0 Å². The normalized spacial score (nSPS) is 16.9. The van der Waals surface area contributed by atoms with E-state index in [4.69, 9.17) is 4.74 Å². The number of aryl methyl sites for hydroxylation is 1. The first-order chi connectivity index (χ1) is 13.7. The lowest BCUT2D eigenvalue weighted by Gasteiger charge is -2.33. The van der Waals surface area contributed by atoms with E-state index in [2.05, 4.69) is 4.98 Å². The van der Waals surface area contributed by atoms with Crippen molar-refractivity contribution in [1.29, 1.82) is 0 Å². The van der Waals surface area contributed by atoms with Crippen molar-refractivity contribution < 1.29 is 13.9 Å². The smallest absolute Gasteiger partial charge is 0.223 e. The van der Waals surface area contributed by atoms with Crippen molar-refractivity contribution in [2.24, 2.45) is 0 Å². The maximum Gasteiger partial charge on any atom is 0.223 e. The fourth-order valence-corrected chi connectivity index (χ4v) is 4.10. The van der Waals surface area contributed by atoms with Gasteiger partial charge in [-0.15, -0.1) is 11.3 Å². The highest BCUT2D eigenvalue weighted by Gasteiger charge is 2.25. The third-order valence-electron chi connectivity index (χ3n) is 4.83. The lowest BCUT2D eigenvalue weighted by Crippen LogP contribution is -2.42. The van der Waals surface area contributed by atoms with Crippen LogP contribution in [0.5, 0.6) is 0 Å². The second-order valence-electron chi connectivity index (χ2n) is 6.74. The van der Waals surface area contributed by atoms with Gasteiger partial charge in [-0.05, 0) is 29.8 Å². The third kappa shape index (κ3) is 4.46. The minimum atomic E-state index is -0.260. The van der Waals surface area contributed by atoms with E-state index in [1.54, 1.807) is 12.1 Å². The van der Waals surface area contributed by atoms with E-state index in [1.807, 2.05) is 40.6 Å². The lowest BCUT2D eigenvalue weighted by atomic mass is 10.1. The van der Waals surface area contributed by atoms with Crippen molar-refractivity contribution in [1.82, 2.24) is 9.88 Å². The zero-order chi connectivity index (χ0) is 19.3. The van der Waals surface area contributed by atoms with Gasteiger partial charge in [-0.1, -0.05) is 30.3 Å². The molecule has 1 unspecified atom stereocenters. The Hall–Kier alpha value is -2.57. The number of rotatable bonds is 5. The van der Waals surface area contributed by atoms with Crippen molar-refractivity contribution in [3.8, 4) is 11.3 Å². The Labute approximate surface area is 167 Å². The van der Waals surface area contributed by atoms with Crippen LogP contribution < -0.4 is 0 Å². The molecule has 1 aliphatic heterocycles. The van der Waals surface area contributed by atoms with Crippen molar-refractivity contribution in [3.05, 3.63) is 76.4 Å². The van der Waals surface area contributed by atoms with Crippen LogP contribution >= 0.6 is 11.3 Å². The summed E-state index contributed by atoms with van der Waals surface area (Å²) in [6.45, 7) is 1.76. The summed E-state index contributed by atoms with van der Waals surface area (Å²) < 4.78 is 18.9. The minimum absolute atomic E-state index is 0.0659. The number of carbonyl (C=O) groups is 1. The van der Waals surface area contributed by atoms with Gasteiger partial charge < -0.3 is 9.64 Å². The van der Waals surface area contributed by atoms with E-state index in [9.17, 15) is 9.18 Å². The molecule has 4 rings (SSSR count). The van der Waals surface area contributed by atoms with Crippen LogP contribution in [0.25, 0.3) is 11.3 Å². The number of nitrogens with zero attached hydrogens (tertiary/aromatic N) is 2. The van der Waals surface area contributed by atoms with Crippen molar-refractivity contribution in [3.63, 3.8) is 0 Å². The maximum atomic E-state index is 13.1. The Bertz CT molecular complexity index is 927. The number of halogens is 1. The van der Waals surface area contributed by atoms with E-state index in [0.29, 0.717) is 32.5 Å². The van der Waals surface area contributed by atoms with Crippen LogP contribution in [0.3, 0.4) is 0 Å². The number of hydrogen-bond donors (Lipinski definition) is 0. The molecule has 2 heterocycles. The molecule has 0 spiro atoms. The van der Waals surface area contributed by atoms with Gasteiger partial charge in [-0.3, -0.25) is 4.79 Å². The van der Waals surface area contributed by atoms with E-state index >= 15 is 0 Å². The number of thiazole rings is 1. The number of carbonyl (C=O) groups excluding carboxylic acids is 1. The highest BCUT2D eigenvalue weighted by atomic mass is 32.1. The molecule has 0 saturated carbocycles. The first-order valence-corrected chi connectivity index (χ1v) is 10.2. The Balaban J connectivity index is 1.33. The molecule has 28 heavy (non-hydrogen) atoms. The molecule has 144 valence electrons. The third-order valence-corrected chi connectivity index (χ3v) is 5.74. The van der Waals surface area contributed by atoms with Crippen molar-refractivity contribution in [2.75, 3.05) is 19.7 Å². The largest absolute Gasteiger partial charge is 0.370 e. The van der Waals surface area contributed by atoms with Crippen LogP contribution in [0.15, 0.2) is 60.0 Å². The highest BCUT2D eigenvalue weighted by molar-refractivity contribution is 7.09. The van der Waals surface area contributed by atoms with Gasteiger partial charge in [0.2, 0.25) is 5.91 Å². The summed E-state index contributed by atoms with van der Waals surface area (Å²) in [6, 6.07) is 16.3. The molecule has 0 bridgehead atoms. The average Bonchev–Trinajstić information content (AvgIpc) is 3.22. The quantitative estimate of drug-likeness (QED) is 0.639. The van der Waals surface area contributed by atoms with Crippen molar-refractivity contribution in [2.45, 2.75) is 18.9 Å². The molecule has 6 heteroatoms. The van der Waals surface area contributed by atoms with E-state index in [-0.39, 0.29) is 17.8 Å². The molecule has 4 nitrogen and oxygen atoms in total. The summed E-state index contributed by atoms with van der Waals surface area (Å²) in [4.78, 5) is 19.1. The summed E-state index contributed by atoms with van der Waals surface area (Å²) in [5.41, 5.74) is 2.81. The van der Waals surface area contributed by atoms with Crippen LogP contribution in [0.2, 0.25) is 0 Å². The number of amides is 1. The van der Waals surface area contributed by atoms with Gasteiger partial charge in [0.1, 0.15) is 11.9 Å². The summed E-state index contributed by atoms with van der Waals surface area (Å²) in [7, 11) is 0. The lowest BCUT2D eigenvalue weighted by molar-refractivity contribution is -0.139. The van der Waals surface area contributed by atoms with Crippen LogP contribution in [-0.4, -0.2) is 35.5 Å². The average molecular weight is 396 g/mol. The zero-order valence-corrected chi connectivity index (χ0v) is 16.2. The first kappa shape index (κ1) is 18.8. The summed E-state index contributed by atoms with van der Waals surface area (Å²) in [6.07, 6.45) is 0.972. The van der Waals surface area contributed by atoms with Gasteiger partial charge in [-0.25, -0.2) is 9.37 Å². The Morgan fingerprint density at radius 1 is 1.18 bits per heavy atom. The fraction of sp³-hybridized carbons (Fsp3) is 0.273. The van der Waals surface area contributed by atoms with Gasteiger partial charge in [0.15, 0.2) is 0 Å². The summed E-state index contributed by atoms with van der Waals surface area (Å²) in [5, 5.41) is 2.87. The van der Waals surface area contributed by atoms with Crippen molar-refractivity contribution >= 4 is 17.2 Å². The van der Waals surface area contributed by atoms with Gasteiger partial charge >= 0.3 is 0 Å². The molecule has 1 saturated heterocycles. The van der Waals surface area contributed by atoms with E-state index in [1.165, 1.54) is 23.5 Å². The number of hydrogen-bond acceptors (Lipinski definition) is 4. The van der Waals surface area contributed by atoms with Crippen LogP contribution in [-0.2, 0) is 16.0 Å². The molecule has 0 N–H and O–H groups in total. The second kappa shape index (κ2) is 8.63. The standard InChI is InChI=1S/C22H21FN2O2S/c23-18-8-6-16(7-9-18)19-15-28-21(24-19)10-11-22(26)25-12-13-27-20(14-25)17-4-2-1-3-5-17/h1-9,15,20H,10-14H2. The second-order valence-corrected chi connectivity index (χ2v) is 7.69. The van der Waals surface area contributed by atoms with Gasteiger partial charge in [0.25, 0.3) is 0 Å². The highest BCUT2D eigenvalue weighted by Crippen LogP contribution is 2.25. The zero-order valence-electron chi connectivity index (χ0n) is 15.4. The molecule has 2 aromatic carbocycles. The summed E-state index contributed by atoms with van der Waals surface area (Å²) in [5.74, 6) is -0.133. The number of ether oxygens (including phenoxy) is 1. The molecule has 1 aromatic heterocycles. The summed E-state index contributed by atoms with van der Waals surface area (Å²) >= 11 is 1.53. The molecule has 1 aliphatic rings. The van der Waals surface area contributed by atoms with Gasteiger partial charge in [0.05, 0.1) is 23.9 Å². The topological polar surface area (TPSA) is 42.4 Å². The van der Waals surface area contributed by atoms with Crippen LogP contribution in [0, 0.1) is 5.82 Å². The maximum absolute atomic E-state index is 13.1. The van der Waals surface area contributed by atoms with Crippen LogP contribution in [0.4, 0.5) is 4.39 Å². The number of morpholine rings is 1. The molecule has 1 atom stereocenters. The minimum Gasteiger partial charge on any atom is -0.370 e. The molecule has 1 amide bonds. The molecule has 0 radical (unpaired) electrons. The molecule has 3 aromatic rings. The number of benzene rings is 2. The monoisotopic (exact) mass is 396 g/mol. The molecule has 0 aliphatic carbocycles. The predicted molar refractivity (Wildman–Crippen MR) is 108 cm³/mol. The SMILES string of the molecule is O=C(CCc1nc(-c2ccc(F)cc2)cs1)N1CCOC(c2ccccc2)C1. The fourth-order valence-electron chi connectivity index (χ4n) is 3.30. The first-order valence-electron chi connectivity index (χ1n) is 9.34. The van der Waals surface area contributed by atoms with E-state index in [0.717, 1.165) is 21.8 Å². The Morgan fingerprint density at radius 2 is 1.96 bits per heavy atom. The predicted octanol–water partition coefficient (Wildman–Crippen LogP) is 4.48. The van der Waals surface area contributed by atoms with Gasteiger partial charge in [0, 0.05) is 30.3 Å². The molecule has 1 fully saturated rings. The molecular weight excluding hydrogens is 375 g/mol. The molecular formula is C22H21FN2O2S.